The van der Waals surface area contributed by atoms with Crippen LogP contribution < -0.4 is 0 Å². The van der Waals surface area contributed by atoms with Gasteiger partial charge in [0.05, 0.1) is 11.6 Å². The summed E-state index contributed by atoms with van der Waals surface area (Å²) < 4.78 is 1.69. The van der Waals surface area contributed by atoms with E-state index in [0.717, 1.165) is 14.5 Å². The number of carbonyl (C=O) groups is 1. The third-order valence-electron chi connectivity index (χ3n) is 3.42. The quantitative estimate of drug-likeness (QED) is 0.611. The summed E-state index contributed by atoms with van der Waals surface area (Å²) in [6.07, 6.45) is 0. The largest absolute Gasteiger partial charge is 0.335 e. The van der Waals surface area contributed by atoms with Gasteiger partial charge in [-0.1, -0.05) is 45.7 Å². The highest BCUT2D eigenvalue weighted by Gasteiger charge is 2.22. The van der Waals surface area contributed by atoms with Crippen LogP contribution in [-0.4, -0.2) is 17.9 Å². The first-order chi connectivity index (χ1) is 9.91. The number of rotatable bonds is 3. The Morgan fingerprint density at radius 2 is 1.86 bits per heavy atom. The second kappa shape index (κ2) is 6.95. The van der Waals surface area contributed by atoms with Gasteiger partial charge in [0.25, 0.3) is 5.91 Å². The van der Waals surface area contributed by atoms with Crippen LogP contribution in [0.4, 0.5) is 0 Å². The van der Waals surface area contributed by atoms with Gasteiger partial charge in [0.1, 0.15) is 0 Å². The number of nitrogens with zero attached hydrogens (tertiary/aromatic N) is 1. The summed E-state index contributed by atoms with van der Waals surface area (Å²) in [6.45, 7) is 1.96. The fourth-order valence-corrected chi connectivity index (χ4v) is 3.56. The Morgan fingerprint density at radius 3 is 2.48 bits per heavy atom. The van der Waals surface area contributed by atoms with E-state index in [1.807, 2.05) is 43.3 Å². The maximum Gasteiger partial charge on any atom is 0.255 e. The Hall–Kier alpha value is -0.840. The summed E-state index contributed by atoms with van der Waals surface area (Å²) in [7, 11) is 1.78. The Morgan fingerprint density at radius 1 is 1.19 bits per heavy atom. The van der Waals surface area contributed by atoms with Gasteiger partial charge in [-0.15, -0.1) is 0 Å². The summed E-state index contributed by atoms with van der Waals surface area (Å²) in [5, 5.41) is 0.666. The lowest BCUT2D eigenvalue weighted by atomic mass is 10.1. The van der Waals surface area contributed by atoms with Crippen LogP contribution in [0.3, 0.4) is 0 Å². The first-order valence-corrected chi connectivity index (χ1v) is 8.35. The van der Waals surface area contributed by atoms with Crippen LogP contribution in [0, 0.1) is 0 Å². The highest BCUT2D eigenvalue weighted by atomic mass is 79.9. The molecule has 5 heteroatoms. The Labute approximate surface area is 146 Å². The van der Waals surface area contributed by atoms with Crippen LogP contribution in [0.5, 0.6) is 0 Å². The van der Waals surface area contributed by atoms with Crippen molar-refractivity contribution in [1.29, 1.82) is 0 Å². The van der Waals surface area contributed by atoms with E-state index in [4.69, 9.17) is 11.6 Å². The van der Waals surface area contributed by atoms with Crippen molar-refractivity contribution in [2.75, 3.05) is 7.05 Å². The summed E-state index contributed by atoms with van der Waals surface area (Å²) in [6, 6.07) is 13.0. The lowest BCUT2D eigenvalue weighted by Crippen LogP contribution is -2.30. The molecular weight excluding hydrogens is 417 g/mol. The molecule has 0 spiro atoms. The predicted molar refractivity (Wildman–Crippen MR) is 93.8 cm³/mol. The lowest BCUT2D eigenvalue weighted by molar-refractivity contribution is 0.0742. The normalized spacial score (nSPS) is 12.0. The van der Waals surface area contributed by atoms with Crippen LogP contribution >= 0.6 is 43.5 Å². The summed E-state index contributed by atoms with van der Waals surface area (Å²) in [4.78, 5) is 14.3. The fraction of sp³-hybridized carbons (Fsp3) is 0.188. The molecular formula is C16H14Br2ClNO. The Bertz CT molecular complexity index is 675. The van der Waals surface area contributed by atoms with Crippen molar-refractivity contribution in [1.82, 2.24) is 4.90 Å². The number of amides is 1. The molecule has 0 radical (unpaired) electrons. The highest BCUT2D eigenvalue weighted by molar-refractivity contribution is 9.11. The van der Waals surface area contributed by atoms with Gasteiger partial charge in [-0.25, -0.2) is 0 Å². The van der Waals surface area contributed by atoms with E-state index in [9.17, 15) is 4.79 Å². The number of benzene rings is 2. The van der Waals surface area contributed by atoms with E-state index in [1.165, 1.54) is 0 Å². The smallest absolute Gasteiger partial charge is 0.255 e. The number of hydrogen-bond acceptors (Lipinski definition) is 1. The highest BCUT2D eigenvalue weighted by Crippen LogP contribution is 2.29. The van der Waals surface area contributed by atoms with Crippen molar-refractivity contribution in [2.45, 2.75) is 13.0 Å². The molecule has 0 saturated heterocycles. The van der Waals surface area contributed by atoms with Gasteiger partial charge in [0.2, 0.25) is 0 Å². The molecule has 0 aromatic heterocycles. The second-order valence-electron chi connectivity index (χ2n) is 4.74. The molecule has 2 aromatic rings. The zero-order valence-electron chi connectivity index (χ0n) is 11.6. The minimum absolute atomic E-state index is 0.0539. The molecule has 0 fully saturated rings. The number of hydrogen-bond donors (Lipinski definition) is 0. The van der Waals surface area contributed by atoms with Crippen LogP contribution in [-0.2, 0) is 0 Å². The third-order valence-corrected chi connectivity index (χ3v) is 4.91. The topological polar surface area (TPSA) is 20.3 Å². The molecule has 0 bridgehead atoms. The van der Waals surface area contributed by atoms with Crippen LogP contribution in [0.2, 0.25) is 5.02 Å². The molecule has 2 nitrogen and oxygen atoms in total. The van der Waals surface area contributed by atoms with Crippen molar-refractivity contribution >= 4 is 49.4 Å². The Balaban J connectivity index is 2.29. The van der Waals surface area contributed by atoms with Gasteiger partial charge in [0, 0.05) is 21.0 Å². The first-order valence-electron chi connectivity index (χ1n) is 6.38. The van der Waals surface area contributed by atoms with E-state index in [1.54, 1.807) is 18.0 Å². The van der Waals surface area contributed by atoms with Gasteiger partial charge >= 0.3 is 0 Å². The summed E-state index contributed by atoms with van der Waals surface area (Å²) >= 11 is 13.0. The van der Waals surface area contributed by atoms with Crippen LogP contribution in [0.25, 0.3) is 0 Å². The van der Waals surface area contributed by atoms with Crippen molar-refractivity contribution in [3.8, 4) is 0 Å². The standard InChI is InChI=1S/C16H14Br2ClNO/c1-10(12-5-3-4-6-15(12)19)20(2)16(21)13-8-7-11(17)9-14(13)18/h3-10H,1-2H3. The minimum Gasteiger partial charge on any atom is -0.335 e. The predicted octanol–water partition coefficient (Wildman–Crippen LogP) is 5.70. The molecule has 0 saturated carbocycles. The molecule has 0 heterocycles. The van der Waals surface area contributed by atoms with Crippen LogP contribution in [0.1, 0.15) is 28.9 Å². The fourth-order valence-electron chi connectivity index (χ4n) is 2.05. The average Bonchev–Trinajstić information content (AvgIpc) is 2.45. The van der Waals surface area contributed by atoms with Gasteiger partial charge in [-0.3, -0.25) is 4.79 Å². The van der Waals surface area contributed by atoms with Crippen molar-refractivity contribution in [2.24, 2.45) is 0 Å². The maximum absolute atomic E-state index is 12.6. The van der Waals surface area contributed by atoms with Crippen molar-refractivity contribution < 1.29 is 4.79 Å². The van der Waals surface area contributed by atoms with Gasteiger partial charge in [-0.05, 0) is 52.7 Å². The van der Waals surface area contributed by atoms with Gasteiger partial charge in [-0.2, -0.15) is 0 Å². The number of halogens is 3. The monoisotopic (exact) mass is 429 g/mol. The zero-order valence-corrected chi connectivity index (χ0v) is 15.5. The molecule has 1 amide bonds. The van der Waals surface area contributed by atoms with Crippen molar-refractivity contribution in [3.05, 3.63) is 67.6 Å². The zero-order chi connectivity index (χ0) is 15.6. The molecule has 1 atom stereocenters. The third kappa shape index (κ3) is 3.68. The van der Waals surface area contributed by atoms with Crippen LogP contribution in [0.15, 0.2) is 51.4 Å². The minimum atomic E-state index is -0.109. The number of carbonyl (C=O) groups excluding carboxylic acids is 1. The molecule has 2 aromatic carbocycles. The lowest BCUT2D eigenvalue weighted by Gasteiger charge is -2.26. The second-order valence-corrected chi connectivity index (χ2v) is 6.91. The van der Waals surface area contributed by atoms with E-state index >= 15 is 0 Å². The van der Waals surface area contributed by atoms with E-state index in [0.29, 0.717) is 10.6 Å². The molecule has 0 aliphatic carbocycles. The van der Waals surface area contributed by atoms with E-state index in [2.05, 4.69) is 31.9 Å². The van der Waals surface area contributed by atoms with Gasteiger partial charge < -0.3 is 4.90 Å². The molecule has 0 N–H and O–H groups in total. The van der Waals surface area contributed by atoms with Crippen molar-refractivity contribution in [3.63, 3.8) is 0 Å². The molecule has 0 aliphatic rings. The maximum atomic E-state index is 12.6. The van der Waals surface area contributed by atoms with E-state index in [-0.39, 0.29) is 11.9 Å². The molecule has 0 aliphatic heterocycles. The summed E-state index contributed by atoms with van der Waals surface area (Å²) in [5.74, 6) is -0.0539. The summed E-state index contributed by atoms with van der Waals surface area (Å²) in [5.41, 5.74) is 1.56. The Kier molecular flexibility index (Phi) is 5.47. The molecule has 21 heavy (non-hydrogen) atoms. The SMILES string of the molecule is CC(c1ccccc1Cl)N(C)C(=O)c1ccc(Br)cc1Br. The molecule has 1 unspecified atom stereocenters. The molecule has 110 valence electrons. The first kappa shape index (κ1) is 16.5. The average molecular weight is 432 g/mol. The molecule has 2 rings (SSSR count). The van der Waals surface area contributed by atoms with E-state index < -0.39 is 0 Å². The van der Waals surface area contributed by atoms with Gasteiger partial charge in [0.15, 0.2) is 0 Å².